The fourth-order valence-corrected chi connectivity index (χ4v) is 0.888. The van der Waals surface area contributed by atoms with Gasteiger partial charge in [-0.25, -0.2) is 4.98 Å². The summed E-state index contributed by atoms with van der Waals surface area (Å²) in [5.74, 6) is 0. The van der Waals surface area contributed by atoms with E-state index in [2.05, 4.69) is 25.9 Å². The van der Waals surface area contributed by atoms with Crippen LogP contribution >= 0.6 is 28.1 Å². The summed E-state index contributed by atoms with van der Waals surface area (Å²) in [6, 6.07) is 0. The highest BCUT2D eigenvalue weighted by atomic mass is 79.9. The van der Waals surface area contributed by atoms with Gasteiger partial charge in [0, 0.05) is 5.69 Å². The fourth-order valence-electron chi connectivity index (χ4n) is 0.481. The molecule has 1 rings (SSSR count). The topological polar surface area (TPSA) is 28.7 Å². The molecular formula is C5H5BrN2S. The van der Waals surface area contributed by atoms with E-state index in [1.54, 1.807) is 6.20 Å². The Kier molecular flexibility index (Phi) is 1.97. The molecule has 1 aromatic heterocycles. The molecular weight excluding hydrogens is 200 g/mol. The molecule has 0 spiro atoms. The number of aromatic amines is 1. The van der Waals surface area contributed by atoms with Crippen molar-refractivity contribution in [2.45, 2.75) is 6.92 Å². The molecule has 0 unspecified atom stereocenters. The van der Waals surface area contributed by atoms with Crippen LogP contribution in [0.5, 0.6) is 0 Å². The first-order valence-electron chi connectivity index (χ1n) is 2.41. The Hall–Kier alpha value is -0.220. The molecule has 0 aliphatic carbocycles. The van der Waals surface area contributed by atoms with Gasteiger partial charge in [-0.05, 0) is 22.9 Å². The van der Waals surface area contributed by atoms with E-state index in [9.17, 15) is 0 Å². The third-order valence-electron chi connectivity index (χ3n) is 0.915. The Morgan fingerprint density at radius 3 is 2.89 bits per heavy atom. The lowest BCUT2D eigenvalue weighted by molar-refractivity contribution is 1.07. The molecule has 9 heavy (non-hydrogen) atoms. The minimum Gasteiger partial charge on any atom is -0.347 e. The lowest BCUT2D eigenvalue weighted by atomic mass is 10.5. The van der Waals surface area contributed by atoms with Crippen molar-refractivity contribution in [2.24, 2.45) is 0 Å². The molecule has 1 aromatic rings. The molecule has 0 saturated heterocycles. The van der Waals surface area contributed by atoms with E-state index in [1.807, 2.05) is 6.92 Å². The zero-order valence-electron chi connectivity index (χ0n) is 4.81. The molecule has 0 amide bonds. The smallest absolute Gasteiger partial charge is 0.125 e. The largest absolute Gasteiger partial charge is 0.347 e. The molecule has 0 aliphatic rings. The first-order valence-corrected chi connectivity index (χ1v) is 3.61. The van der Waals surface area contributed by atoms with Gasteiger partial charge in [-0.1, -0.05) is 12.2 Å². The van der Waals surface area contributed by atoms with Gasteiger partial charge >= 0.3 is 0 Å². The van der Waals surface area contributed by atoms with E-state index in [1.165, 1.54) is 0 Å². The standard InChI is InChI=1S/C5H5BrN2S/c1-3-5(6)7-2-4(9)8-3/h2H,1H3,(H,8,9). The van der Waals surface area contributed by atoms with Crippen LogP contribution in [0.1, 0.15) is 5.69 Å². The van der Waals surface area contributed by atoms with Crippen molar-refractivity contribution in [1.29, 1.82) is 0 Å². The molecule has 1 heterocycles. The first-order chi connectivity index (χ1) is 4.20. The van der Waals surface area contributed by atoms with Gasteiger partial charge in [-0.15, -0.1) is 0 Å². The predicted molar refractivity (Wildman–Crippen MR) is 41.9 cm³/mol. The van der Waals surface area contributed by atoms with Gasteiger partial charge in [0.25, 0.3) is 0 Å². The molecule has 2 nitrogen and oxygen atoms in total. The molecule has 0 bridgehead atoms. The number of hydrogen-bond acceptors (Lipinski definition) is 2. The van der Waals surface area contributed by atoms with Crippen LogP contribution in [0.4, 0.5) is 0 Å². The Morgan fingerprint density at radius 2 is 2.44 bits per heavy atom. The number of nitrogens with zero attached hydrogens (tertiary/aromatic N) is 1. The summed E-state index contributed by atoms with van der Waals surface area (Å²) in [4.78, 5) is 6.90. The minimum atomic E-state index is 0.663. The van der Waals surface area contributed by atoms with Gasteiger partial charge in [-0.3, -0.25) is 0 Å². The monoisotopic (exact) mass is 204 g/mol. The zero-order valence-corrected chi connectivity index (χ0v) is 7.21. The van der Waals surface area contributed by atoms with E-state index in [0.29, 0.717) is 4.64 Å². The molecule has 4 heteroatoms. The Morgan fingerprint density at radius 1 is 1.78 bits per heavy atom. The summed E-state index contributed by atoms with van der Waals surface area (Å²) in [5, 5.41) is 0. The van der Waals surface area contributed by atoms with Gasteiger partial charge in [0.2, 0.25) is 0 Å². The van der Waals surface area contributed by atoms with E-state index >= 15 is 0 Å². The second-order valence-corrected chi connectivity index (χ2v) is 2.85. The number of aryl methyl sites for hydroxylation is 1. The number of hydrogen-bond donors (Lipinski definition) is 1. The molecule has 1 N–H and O–H groups in total. The highest BCUT2D eigenvalue weighted by Crippen LogP contribution is 2.07. The Bertz CT molecular complexity index is 268. The fraction of sp³-hybridized carbons (Fsp3) is 0.200. The van der Waals surface area contributed by atoms with Gasteiger partial charge in [0.15, 0.2) is 0 Å². The number of rotatable bonds is 0. The second kappa shape index (κ2) is 2.58. The summed E-state index contributed by atoms with van der Waals surface area (Å²) in [7, 11) is 0. The van der Waals surface area contributed by atoms with Crippen LogP contribution in [0.25, 0.3) is 0 Å². The lowest BCUT2D eigenvalue weighted by Gasteiger charge is -1.93. The highest BCUT2D eigenvalue weighted by Gasteiger charge is 1.90. The number of aromatic nitrogens is 2. The maximum Gasteiger partial charge on any atom is 0.125 e. The SMILES string of the molecule is Cc1[nH]c(=S)cnc1Br. The number of halogens is 1. The van der Waals surface area contributed by atoms with E-state index in [-0.39, 0.29) is 0 Å². The number of H-pyrrole nitrogens is 1. The predicted octanol–water partition coefficient (Wildman–Crippen LogP) is 2.21. The molecule has 0 atom stereocenters. The Labute approximate surface area is 66.5 Å². The quantitative estimate of drug-likeness (QED) is 0.657. The van der Waals surface area contributed by atoms with Crippen molar-refractivity contribution in [3.8, 4) is 0 Å². The van der Waals surface area contributed by atoms with Crippen molar-refractivity contribution >= 4 is 28.1 Å². The molecule has 0 radical (unpaired) electrons. The van der Waals surface area contributed by atoms with Crippen LogP contribution in [0.3, 0.4) is 0 Å². The van der Waals surface area contributed by atoms with E-state index < -0.39 is 0 Å². The summed E-state index contributed by atoms with van der Waals surface area (Å²) in [6.45, 7) is 1.91. The molecule has 0 aromatic carbocycles. The second-order valence-electron chi connectivity index (χ2n) is 1.66. The molecule has 0 aliphatic heterocycles. The Balaban J connectivity index is 3.34. The van der Waals surface area contributed by atoms with Crippen molar-refractivity contribution in [3.05, 3.63) is 21.1 Å². The maximum atomic E-state index is 4.82. The summed E-state index contributed by atoms with van der Waals surface area (Å²) >= 11 is 8.06. The molecule has 48 valence electrons. The van der Waals surface area contributed by atoms with Gasteiger partial charge in [-0.2, -0.15) is 0 Å². The molecule has 0 fully saturated rings. The van der Waals surface area contributed by atoms with Gasteiger partial charge < -0.3 is 4.98 Å². The average molecular weight is 205 g/mol. The van der Waals surface area contributed by atoms with Crippen LogP contribution in [0, 0.1) is 11.6 Å². The highest BCUT2D eigenvalue weighted by molar-refractivity contribution is 9.10. The van der Waals surface area contributed by atoms with E-state index in [0.717, 1.165) is 10.3 Å². The summed E-state index contributed by atoms with van der Waals surface area (Å²) in [5.41, 5.74) is 0.961. The summed E-state index contributed by atoms with van der Waals surface area (Å²) < 4.78 is 1.48. The normalized spacial score (nSPS) is 9.56. The van der Waals surface area contributed by atoms with E-state index in [4.69, 9.17) is 12.2 Å². The average Bonchev–Trinajstić information content (AvgIpc) is 1.80. The van der Waals surface area contributed by atoms with Crippen LogP contribution in [-0.4, -0.2) is 9.97 Å². The first kappa shape index (κ1) is 6.89. The van der Waals surface area contributed by atoms with Gasteiger partial charge in [0.1, 0.15) is 9.24 Å². The molecule has 0 saturated carbocycles. The van der Waals surface area contributed by atoms with Crippen molar-refractivity contribution in [1.82, 2.24) is 9.97 Å². The minimum absolute atomic E-state index is 0.663. The maximum absolute atomic E-state index is 4.82. The van der Waals surface area contributed by atoms with Gasteiger partial charge in [0.05, 0.1) is 6.20 Å². The van der Waals surface area contributed by atoms with Crippen molar-refractivity contribution in [3.63, 3.8) is 0 Å². The lowest BCUT2D eigenvalue weighted by Crippen LogP contribution is -1.85. The zero-order chi connectivity index (χ0) is 6.85. The van der Waals surface area contributed by atoms with Crippen LogP contribution < -0.4 is 0 Å². The third-order valence-corrected chi connectivity index (χ3v) is 1.92. The van der Waals surface area contributed by atoms with Crippen LogP contribution in [-0.2, 0) is 0 Å². The van der Waals surface area contributed by atoms with Crippen LogP contribution in [0.2, 0.25) is 0 Å². The number of nitrogens with one attached hydrogen (secondary N) is 1. The van der Waals surface area contributed by atoms with Crippen molar-refractivity contribution < 1.29 is 0 Å². The van der Waals surface area contributed by atoms with Crippen molar-refractivity contribution in [2.75, 3.05) is 0 Å². The summed E-state index contributed by atoms with van der Waals surface area (Å²) in [6.07, 6.45) is 1.60. The third kappa shape index (κ3) is 1.59. The van der Waals surface area contributed by atoms with Crippen LogP contribution in [0.15, 0.2) is 10.8 Å².